The number of nitrogens with zero attached hydrogens (tertiary/aromatic N) is 2. The lowest BCUT2D eigenvalue weighted by Crippen LogP contribution is -2.49. The third kappa shape index (κ3) is 7.25. The van der Waals surface area contributed by atoms with Gasteiger partial charge in [-0.2, -0.15) is 0 Å². The summed E-state index contributed by atoms with van der Waals surface area (Å²) in [5.74, 6) is 0.0107. The number of hydrogen-bond acceptors (Lipinski definition) is 3. The lowest BCUT2D eigenvalue weighted by molar-refractivity contribution is -0.136. The second-order valence-electron chi connectivity index (χ2n) is 10.9. The Hall–Kier alpha value is -2.77. The van der Waals surface area contributed by atoms with Crippen molar-refractivity contribution in [2.45, 2.75) is 72.0 Å². The highest BCUT2D eigenvalue weighted by atomic mass is 35.5. The lowest BCUT2D eigenvalue weighted by atomic mass is 9.72. The maximum Gasteiger partial charge on any atom is 0.321 e. The molecule has 1 aliphatic heterocycles. The van der Waals surface area contributed by atoms with Gasteiger partial charge in [0.15, 0.2) is 0 Å². The molecule has 2 N–H and O–H groups in total. The average Bonchev–Trinajstić information content (AvgIpc) is 3.11. The van der Waals surface area contributed by atoms with E-state index in [-0.39, 0.29) is 37.9 Å². The number of nitrogens with one attached hydrogen (secondary N) is 1. The molecule has 4 rings (SSSR count). The first-order chi connectivity index (χ1) is 18.1. The Morgan fingerprint density at radius 3 is 2.33 bits per heavy atom. The second-order valence-corrected chi connectivity index (χ2v) is 11.7. The fourth-order valence-electron chi connectivity index (χ4n) is 5.70. The van der Waals surface area contributed by atoms with Crippen LogP contribution in [0, 0.1) is 11.8 Å². The van der Waals surface area contributed by atoms with Crippen molar-refractivity contribution in [1.82, 2.24) is 15.1 Å². The molecule has 0 bridgehead atoms. The van der Waals surface area contributed by atoms with Gasteiger partial charge in [0.2, 0.25) is 0 Å². The Morgan fingerprint density at radius 2 is 1.74 bits per heavy atom. The zero-order valence-electron chi connectivity index (χ0n) is 21.9. The number of rotatable bonds is 9. The molecule has 1 spiro atoms. The van der Waals surface area contributed by atoms with Gasteiger partial charge in [0.1, 0.15) is 0 Å². The van der Waals surface area contributed by atoms with Crippen LogP contribution in [0.4, 0.5) is 4.79 Å². The summed E-state index contributed by atoms with van der Waals surface area (Å²) in [6.45, 7) is 6.15. The number of benzene rings is 2. The molecule has 2 aliphatic rings. The molecule has 2 fully saturated rings. The first-order valence-electron chi connectivity index (χ1n) is 13.2. The van der Waals surface area contributed by atoms with Crippen LogP contribution in [-0.4, -0.2) is 51.4 Å². The van der Waals surface area contributed by atoms with Crippen molar-refractivity contribution in [3.05, 3.63) is 69.2 Å². The molecule has 1 heterocycles. The quantitative estimate of drug-likeness (QED) is 0.342. The van der Waals surface area contributed by atoms with Crippen LogP contribution in [0.1, 0.15) is 74.9 Å². The lowest BCUT2D eigenvalue weighted by Gasteiger charge is -2.43. The number of amides is 3. The smallest absolute Gasteiger partial charge is 0.321 e. The van der Waals surface area contributed by atoms with Crippen LogP contribution in [0.5, 0.6) is 0 Å². The van der Waals surface area contributed by atoms with Crippen molar-refractivity contribution in [1.29, 1.82) is 0 Å². The number of carbonyl (C=O) groups excluding carboxylic acids is 2. The Balaban J connectivity index is 0.00000420. The molecule has 0 unspecified atom stereocenters. The second kappa shape index (κ2) is 13.1. The molecular formula is C30H39Cl2N3O4. The molecule has 1 saturated heterocycles. The van der Waals surface area contributed by atoms with E-state index in [9.17, 15) is 14.4 Å². The minimum Gasteiger partial charge on any atom is -0.481 e. The summed E-state index contributed by atoms with van der Waals surface area (Å²) >= 11 is 12.5. The summed E-state index contributed by atoms with van der Waals surface area (Å²) in [6, 6.07) is 12.6. The van der Waals surface area contributed by atoms with Gasteiger partial charge in [-0.3, -0.25) is 9.59 Å². The third-order valence-electron chi connectivity index (χ3n) is 8.02. The van der Waals surface area contributed by atoms with Crippen molar-refractivity contribution in [2.75, 3.05) is 13.1 Å². The minimum absolute atomic E-state index is 0. The first kappa shape index (κ1) is 30.8. The largest absolute Gasteiger partial charge is 0.481 e. The molecule has 7 nitrogen and oxygen atoms in total. The van der Waals surface area contributed by atoms with Crippen LogP contribution in [0.2, 0.25) is 10.0 Å². The summed E-state index contributed by atoms with van der Waals surface area (Å²) in [5.41, 5.74) is 2.03. The van der Waals surface area contributed by atoms with Gasteiger partial charge >= 0.3 is 12.0 Å². The molecule has 3 amide bonds. The fourth-order valence-corrected chi connectivity index (χ4v) is 6.17. The van der Waals surface area contributed by atoms with E-state index in [0.29, 0.717) is 47.1 Å². The summed E-state index contributed by atoms with van der Waals surface area (Å²) in [7, 11) is 0. The van der Waals surface area contributed by atoms with Gasteiger partial charge in [0, 0.05) is 41.8 Å². The molecule has 1 aliphatic carbocycles. The number of carbonyl (C=O) groups is 3. The van der Waals surface area contributed by atoms with E-state index < -0.39 is 5.97 Å². The molecule has 0 aromatic heterocycles. The first-order valence-corrected chi connectivity index (χ1v) is 13.9. The summed E-state index contributed by atoms with van der Waals surface area (Å²) in [6.07, 6.45) is 3.96. The molecule has 0 radical (unpaired) electrons. The predicted octanol–water partition coefficient (Wildman–Crippen LogP) is 6.86. The predicted molar refractivity (Wildman–Crippen MR) is 155 cm³/mol. The van der Waals surface area contributed by atoms with E-state index in [1.165, 1.54) is 0 Å². The number of aliphatic carboxylic acids is 1. The van der Waals surface area contributed by atoms with Crippen LogP contribution in [0.15, 0.2) is 42.5 Å². The molecule has 2 aromatic carbocycles. The number of carboxylic acids is 1. The average molecular weight is 577 g/mol. The van der Waals surface area contributed by atoms with Crippen molar-refractivity contribution in [3.8, 4) is 0 Å². The van der Waals surface area contributed by atoms with E-state index in [2.05, 4.69) is 19.2 Å². The van der Waals surface area contributed by atoms with Gasteiger partial charge in [-0.1, -0.05) is 62.7 Å². The van der Waals surface area contributed by atoms with Crippen LogP contribution < -0.4 is 5.32 Å². The molecule has 0 atom stereocenters. The zero-order valence-corrected chi connectivity index (χ0v) is 23.4. The van der Waals surface area contributed by atoms with Crippen molar-refractivity contribution in [2.24, 2.45) is 11.8 Å². The van der Waals surface area contributed by atoms with Gasteiger partial charge < -0.3 is 20.2 Å². The third-order valence-corrected chi connectivity index (χ3v) is 8.61. The molecular weight excluding hydrogens is 537 g/mol. The summed E-state index contributed by atoms with van der Waals surface area (Å²) < 4.78 is 0. The van der Waals surface area contributed by atoms with Gasteiger partial charge in [-0.25, -0.2) is 4.79 Å². The minimum atomic E-state index is -0.959. The molecule has 39 heavy (non-hydrogen) atoms. The van der Waals surface area contributed by atoms with Crippen molar-refractivity contribution in [3.63, 3.8) is 0 Å². The molecule has 9 heteroatoms. The Labute approximate surface area is 241 Å². The monoisotopic (exact) mass is 575 g/mol. The number of halogens is 2. The summed E-state index contributed by atoms with van der Waals surface area (Å²) in [4.78, 5) is 40.7. The fraction of sp³-hybridized carbons (Fsp3) is 0.500. The van der Waals surface area contributed by atoms with E-state index >= 15 is 0 Å². The van der Waals surface area contributed by atoms with Crippen LogP contribution in [-0.2, 0) is 17.9 Å². The van der Waals surface area contributed by atoms with E-state index in [4.69, 9.17) is 28.3 Å². The van der Waals surface area contributed by atoms with E-state index in [1.54, 1.807) is 24.3 Å². The summed E-state index contributed by atoms with van der Waals surface area (Å²) in [5, 5.41) is 12.5. The highest BCUT2D eigenvalue weighted by Crippen LogP contribution is 2.44. The van der Waals surface area contributed by atoms with Gasteiger partial charge in [-0.15, -0.1) is 0 Å². The van der Waals surface area contributed by atoms with Gasteiger partial charge in [-0.05, 0) is 72.9 Å². The maximum atomic E-state index is 13.8. The van der Waals surface area contributed by atoms with Gasteiger partial charge in [0.25, 0.3) is 5.91 Å². The SMILES string of the molecule is C.CC(C)C1CCC2(CC1)CN(Cc1ccc(Cl)cc1Cl)C(=O)N2Cc1ccc(C(=O)NCCC(=O)O)cc1. The Morgan fingerprint density at radius 1 is 1.08 bits per heavy atom. The standard InChI is InChI=1S/C29H35Cl2N3O4.CH4/c1-19(2)21-9-12-29(13-10-21)18-33(17-23-7-8-24(30)15-25(23)31)28(38)34(29)16-20-3-5-22(6-4-20)27(37)32-14-11-26(35)36;/h3-8,15,19,21H,9-14,16-18H2,1-2H3,(H,32,37)(H,35,36);1H4. The van der Waals surface area contributed by atoms with Crippen molar-refractivity contribution >= 4 is 41.1 Å². The Kier molecular flexibility index (Phi) is 10.3. The van der Waals surface area contributed by atoms with Crippen LogP contribution in [0.25, 0.3) is 0 Å². The van der Waals surface area contributed by atoms with Crippen LogP contribution in [0.3, 0.4) is 0 Å². The van der Waals surface area contributed by atoms with Crippen LogP contribution >= 0.6 is 23.2 Å². The number of hydrogen-bond donors (Lipinski definition) is 2. The van der Waals surface area contributed by atoms with Crippen molar-refractivity contribution < 1.29 is 19.5 Å². The molecule has 1 saturated carbocycles. The molecule has 212 valence electrons. The molecule has 2 aromatic rings. The number of urea groups is 1. The normalized spacial score (nSPS) is 20.8. The van der Waals surface area contributed by atoms with E-state index in [0.717, 1.165) is 36.8 Å². The van der Waals surface area contributed by atoms with E-state index in [1.807, 2.05) is 28.0 Å². The number of carboxylic acid groups (broad SMARTS) is 1. The zero-order chi connectivity index (χ0) is 27.4. The topological polar surface area (TPSA) is 90.0 Å². The highest BCUT2D eigenvalue weighted by Gasteiger charge is 2.51. The highest BCUT2D eigenvalue weighted by molar-refractivity contribution is 6.35. The van der Waals surface area contributed by atoms with Gasteiger partial charge in [0.05, 0.1) is 12.0 Å². The maximum absolute atomic E-state index is 13.8. The Bertz CT molecular complexity index is 1180.